The molecule has 0 radical (unpaired) electrons. The largest absolute Gasteiger partial charge is 0.416 e. The summed E-state index contributed by atoms with van der Waals surface area (Å²) in [5.74, 6) is -0.741. The lowest BCUT2D eigenvalue weighted by molar-refractivity contribution is -0.138. The Kier molecular flexibility index (Phi) is 6.29. The van der Waals surface area contributed by atoms with E-state index in [9.17, 15) is 22.2 Å². The van der Waals surface area contributed by atoms with E-state index in [1.54, 1.807) is 12.1 Å². The number of carbonyl (C=O) groups is 1. The molecule has 29 heavy (non-hydrogen) atoms. The Morgan fingerprint density at radius 1 is 1.17 bits per heavy atom. The number of benzene rings is 2. The van der Waals surface area contributed by atoms with Crippen molar-refractivity contribution in [3.8, 4) is 11.1 Å². The minimum atomic E-state index is -4.58. The van der Waals surface area contributed by atoms with Crippen LogP contribution in [0.2, 0.25) is 10.0 Å². The molecule has 1 heterocycles. The van der Waals surface area contributed by atoms with Gasteiger partial charge >= 0.3 is 6.18 Å². The summed E-state index contributed by atoms with van der Waals surface area (Å²) < 4.78 is 56.9. The fourth-order valence-electron chi connectivity index (χ4n) is 3.10. The summed E-state index contributed by atoms with van der Waals surface area (Å²) in [6.45, 7) is 0. The maximum Gasteiger partial charge on any atom is 0.416 e. The first-order valence-corrected chi connectivity index (χ1v) is 11.3. The average Bonchev–Trinajstić information content (AvgIpc) is 2.63. The van der Waals surface area contributed by atoms with Crippen molar-refractivity contribution in [1.29, 1.82) is 0 Å². The van der Waals surface area contributed by atoms with Crippen LogP contribution in [-0.4, -0.2) is 27.7 Å². The van der Waals surface area contributed by atoms with Crippen LogP contribution in [0.1, 0.15) is 17.5 Å². The highest BCUT2D eigenvalue weighted by molar-refractivity contribution is 7.93. The van der Waals surface area contributed by atoms with Gasteiger partial charge in [-0.1, -0.05) is 41.4 Å². The van der Waals surface area contributed by atoms with E-state index in [4.69, 9.17) is 28.9 Å². The zero-order valence-corrected chi connectivity index (χ0v) is 17.3. The van der Waals surface area contributed by atoms with Crippen LogP contribution in [0.3, 0.4) is 0 Å². The standard InChI is InChI=1S/C19H17Cl2F3N2O2S/c20-13-2-3-14(16(21)10-13)11-1-4-15(19(22,23)24)12(9-11)5-7-29(28)8-6-17(25)18(27)26-29/h1-4,9-10,17H,5-8,25H2/t17-,29?/m0/s1. The van der Waals surface area contributed by atoms with E-state index >= 15 is 0 Å². The number of hydrogen-bond donors (Lipinski definition) is 1. The fourth-order valence-corrected chi connectivity index (χ4v) is 5.63. The Balaban J connectivity index is 1.98. The monoisotopic (exact) mass is 464 g/mol. The van der Waals surface area contributed by atoms with Gasteiger partial charge in [-0.05, 0) is 42.2 Å². The number of halogens is 5. The Labute approximate surface area is 176 Å². The summed E-state index contributed by atoms with van der Waals surface area (Å²) in [5.41, 5.74) is 5.69. The van der Waals surface area contributed by atoms with E-state index < -0.39 is 33.4 Å². The normalized spacial score (nSPS) is 22.4. The molecule has 4 nitrogen and oxygen atoms in total. The molecule has 0 fully saturated rings. The number of aryl methyl sites for hydroxylation is 1. The molecule has 1 aliphatic rings. The lowest BCUT2D eigenvalue weighted by atomic mass is 9.97. The van der Waals surface area contributed by atoms with E-state index in [0.717, 1.165) is 6.07 Å². The number of hydrogen-bond acceptors (Lipinski definition) is 3. The molecule has 2 N–H and O–H groups in total. The highest BCUT2D eigenvalue weighted by Crippen LogP contribution is 2.37. The van der Waals surface area contributed by atoms with Crippen LogP contribution in [0.5, 0.6) is 0 Å². The summed E-state index contributed by atoms with van der Waals surface area (Å²) in [7, 11) is -2.94. The van der Waals surface area contributed by atoms with Crippen LogP contribution in [0, 0.1) is 0 Å². The number of amides is 1. The van der Waals surface area contributed by atoms with Crippen LogP contribution < -0.4 is 5.73 Å². The molecular formula is C19H17Cl2F3N2O2S. The van der Waals surface area contributed by atoms with Crippen molar-refractivity contribution >= 4 is 38.8 Å². The van der Waals surface area contributed by atoms with E-state index in [1.807, 2.05) is 0 Å². The molecule has 0 spiro atoms. The average molecular weight is 465 g/mol. The smallest absolute Gasteiger partial charge is 0.320 e. The Bertz CT molecular complexity index is 1080. The molecular weight excluding hydrogens is 448 g/mol. The van der Waals surface area contributed by atoms with E-state index in [2.05, 4.69) is 4.36 Å². The van der Waals surface area contributed by atoms with Crippen LogP contribution in [0.25, 0.3) is 11.1 Å². The summed E-state index contributed by atoms with van der Waals surface area (Å²) in [6, 6.07) is 7.58. The highest BCUT2D eigenvalue weighted by Gasteiger charge is 2.34. The third-order valence-corrected chi connectivity index (χ3v) is 7.44. The molecule has 0 saturated carbocycles. The van der Waals surface area contributed by atoms with Gasteiger partial charge in [0.2, 0.25) is 0 Å². The first-order chi connectivity index (χ1) is 13.5. The van der Waals surface area contributed by atoms with Crippen molar-refractivity contribution in [2.75, 3.05) is 11.5 Å². The van der Waals surface area contributed by atoms with Gasteiger partial charge in [-0.2, -0.15) is 17.5 Å². The van der Waals surface area contributed by atoms with Crippen molar-refractivity contribution in [1.82, 2.24) is 0 Å². The van der Waals surface area contributed by atoms with Crippen LogP contribution in [0.15, 0.2) is 40.8 Å². The molecule has 1 unspecified atom stereocenters. The van der Waals surface area contributed by atoms with Crippen molar-refractivity contribution in [2.24, 2.45) is 10.1 Å². The molecule has 156 valence electrons. The predicted octanol–water partition coefficient (Wildman–Crippen LogP) is 4.95. The van der Waals surface area contributed by atoms with Crippen molar-refractivity contribution in [3.63, 3.8) is 0 Å². The number of rotatable bonds is 4. The second-order valence-corrected chi connectivity index (χ2v) is 10.1. The summed E-state index contributed by atoms with van der Waals surface area (Å²) in [6.07, 6.45) is -4.53. The van der Waals surface area contributed by atoms with Crippen molar-refractivity contribution in [2.45, 2.75) is 25.1 Å². The number of nitrogens with zero attached hydrogens (tertiary/aromatic N) is 1. The van der Waals surface area contributed by atoms with E-state index in [1.165, 1.54) is 18.2 Å². The SMILES string of the molecule is N[C@H]1CCS(=O)(CCc2cc(-c3ccc(Cl)cc3Cl)ccc2C(F)(F)F)=NC1=O. The van der Waals surface area contributed by atoms with E-state index in [0.29, 0.717) is 21.2 Å². The first-order valence-electron chi connectivity index (χ1n) is 8.66. The number of carbonyl (C=O) groups excluding carboxylic acids is 1. The predicted molar refractivity (Wildman–Crippen MR) is 109 cm³/mol. The maximum absolute atomic E-state index is 13.5. The van der Waals surface area contributed by atoms with Gasteiger partial charge < -0.3 is 5.73 Å². The first kappa shape index (κ1) is 22.1. The third-order valence-electron chi connectivity index (χ3n) is 4.66. The maximum atomic E-state index is 13.5. The number of alkyl halides is 3. The summed E-state index contributed by atoms with van der Waals surface area (Å²) in [5, 5.41) is 0.709. The molecule has 2 atom stereocenters. The molecule has 2 aromatic rings. The Hall–Kier alpha value is -1.61. The van der Waals surface area contributed by atoms with Gasteiger partial charge in [0.1, 0.15) is 0 Å². The molecule has 10 heteroatoms. The summed E-state index contributed by atoms with van der Waals surface area (Å²) in [4.78, 5) is 11.7. The van der Waals surface area contributed by atoms with Crippen LogP contribution in [0.4, 0.5) is 13.2 Å². The lowest BCUT2D eigenvalue weighted by Crippen LogP contribution is -2.37. The van der Waals surface area contributed by atoms with Crippen LogP contribution in [-0.2, 0) is 27.1 Å². The molecule has 1 amide bonds. The van der Waals surface area contributed by atoms with Crippen molar-refractivity contribution < 1.29 is 22.2 Å². The zero-order chi connectivity index (χ0) is 21.4. The van der Waals surface area contributed by atoms with Crippen molar-refractivity contribution in [3.05, 3.63) is 57.6 Å². The molecule has 0 saturated heterocycles. The second kappa shape index (κ2) is 8.26. The topological polar surface area (TPSA) is 72.5 Å². The van der Waals surface area contributed by atoms with Gasteiger partial charge in [-0.3, -0.25) is 4.79 Å². The number of nitrogens with two attached hydrogens (primary N) is 1. The lowest BCUT2D eigenvalue weighted by Gasteiger charge is -2.19. The molecule has 2 aromatic carbocycles. The van der Waals surface area contributed by atoms with Gasteiger partial charge in [0.05, 0.1) is 21.3 Å². The van der Waals surface area contributed by atoms with Gasteiger partial charge in [-0.25, -0.2) is 4.21 Å². The van der Waals surface area contributed by atoms with Gasteiger partial charge in [-0.15, -0.1) is 0 Å². The molecule has 0 bridgehead atoms. The highest BCUT2D eigenvalue weighted by atomic mass is 35.5. The van der Waals surface area contributed by atoms with E-state index in [-0.39, 0.29) is 29.9 Å². The van der Waals surface area contributed by atoms with Crippen LogP contribution >= 0.6 is 23.2 Å². The Morgan fingerprint density at radius 3 is 2.52 bits per heavy atom. The minimum absolute atomic E-state index is 0.0405. The zero-order valence-electron chi connectivity index (χ0n) is 15.0. The minimum Gasteiger partial charge on any atom is -0.320 e. The third kappa shape index (κ3) is 5.12. The fraction of sp³-hybridized carbons (Fsp3) is 0.316. The molecule has 0 aliphatic carbocycles. The van der Waals surface area contributed by atoms with Gasteiger partial charge in [0.25, 0.3) is 5.91 Å². The molecule has 3 rings (SSSR count). The quantitative estimate of drug-likeness (QED) is 0.695. The van der Waals surface area contributed by atoms with Gasteiger partial charge in [0, 0.05) is 27.1 Å². The molecule has 1 aliphatic heterocycles. The Morgan fingerprint density at radius 2 is 1.90 bits per heavy atom. The molecule has 0 aromatic heterocycles. The van der Waals surface area contributed by atoms with Gasteiger partial charge in [0.15, 0.2) is 0 Å². The second-order valence-electron chi connectivity index (χ2n) is 6.75. The summed E-state index contributed by atoms with van der Waals surface area (Å²) >= 11 is 12.1.